The molecule has 4 atom stereocenters. The van der Waals surface area contributed by atoms with Crippen molar-refractivity contribution in [3.8, 4) is 0 Å². The SMILES string of the molecule is COC(=O)NC(C(=O)OC)[C@H]1CC[C@@H]2CCC[C@@H]21. The first-order valence-electron chi connectivity index (χ1n) is 6.59. The van der Waals surface area contributed by atoms with Crippen LogP contribution >= 0.6 is 0 Å². The number of nitrogens with one attached hydrogen (secondary N) is 1. The van der Waals surface area contributed by atoms with Gasteiger partial charge in [0.15, 0.2) is 0 Å². The predicted molar refractivity (Wildman–Crippen MR) is 64.9 cm³/mol. The molecule has 5 heteroatoms. The van der Waals surface area contributed by atoms with Crippen molar-refractivity contribution < 1.29 is 19.1 Å². The summed E-state index contributed by atoms with van der Waals surface area (Å²) >= 11 is 0. The monoisotopic (exact) mass is 255 g/mol. The smallest absolute Gasteiger partial charge is 0.407 e. The maximum atomic E-state index is 11.8. The van der Waals surface area contributed by atoms with Crippen LogP contribution in [0.4, 0.5) is 4.79 Å². The Hall–Kier alpha value is -1.26. The maximum Gasteiger partial charge on any atom is 0.407 e. The van der Waals surface area contributed by atoms with Crippen molar-refractivity contribution in [1.82, 2.24) is 5.32 Å². The molecule has 0 aliphatic heterocycles. The van der Waals surface area contributed by atoms with E-state index in [1.807, 2.05) is 0 Å². The summed E-state index contributed by atoms with van der Waals surface area (Å²) in [6.45, 7) is 0. The van der Waals surface area contributed by atoms with Crippen molar-refractivity contribution in [2.75, 3.05) is 14.2 Å². The molecule has 0 aromatic heterocycles. The molecule has 0 heterocycles. The van der Waals surface area contributed by atoms with Crippen molar-refractivity contribution in [3.63, 3.8) is 0 Å². The molecule has 0 saturated heterocycles. The summed E-state index contributed by atoms with van der Waals surface area (Å²) in [6.07, 6.45) is 5.23. The van der Waals surface area contributed by atoms with E-state index in [0.29, 0.717) is 5.92 Å². The zero-order chi connectivity index (χ0) is 13.1. The Morgan fingerprint density at radius 1 is 1.11 bits per heavy atom. The molecule has 0 radical (unpaired) electrons. The molecule has 0 spiro atoms. The topological polar surface area (TPSA) is 64.6 Å². The molecule has 2 fully saturated rings. The Labute approximate surface area is 107 Å². The molecule has 2 saturated carbocycles. The van der Waals surface area contributed by atoms with Crippen LogP contribution in [0, 0.1) is 17.8 Å². The van der Waals surface area contributed by atoms with Gasteiger partial charge < -0.3 is 14.8 Å². The number of carbonyl (C=O) groups is 2. The summed E-state index contributed by atoms with van der Waals surface area (Å²) in [7, 11) is 2.66. The maximum absolute atomic E-state index is 11.8. The van der Waals surface area contributed by atoms with Crippen LogP contribution in [0.5, 0.6) is 0 Å². The van der Waals surface area contributed by atoms with Crippen molar-refractivity contribution in [1.29, 1.82) is 0 Å². The summed E-state index contributed by atoms with van der Waals surface area (Å²) in [6, 6.07) is -0.560. The number of esters is 1. The van der Waals surface area contributed by atoms with E-state index in [0.717, 1.165) is 25.2 Å². The van der Waals surface area contributed by atoms with Gasteiger partial charge in [0.2, 0.25) is 0 Å². The van der Waals surface area contributed by atoms with Crippen LogP contribution in [0.3, 0.4) is 0 Å². The average molecular weight is 255 g/mol. The first-order valence-corrected chi connectivity index (χ1v) is 6.59. The highest BCUT2D eigenvalue weighted by atomic mass is 16.5. The first kappa shape index (κ1) is 13.2. The highest BCUT2D eigenvalue weighted by Crippen LogP contribution is 2.48. The van der Waals surface area contributed by atoms with Gasteiger partial charge in [-0.15, -0.1) is 0 Å². The second kappa shape index (κ2) is 5.59. The predicted octanol–water partition coefficient (Wildman–Crippen LogP) is 1.71. The summed E-state index contributed by atoms with van der Waals surface area (Å²) in [5.41, 5.74) is 0. The molecule has 2 aliphatic carbocycles. The molecule has 5 nitrogen and oxygen atoms in total. The van der Waals surface area contributed by atoms with E-state index >= 15 is 0 Å². The van der Waals surface area contributed by atoms with Crippen LogP contribution in [0.2, 0.25) is 0 Å². The summed E-state index contributed by atoms with van der Waals surface area (Å²) < 4.78 is 9.40. The summed E-state index contributed by atoms with van der Waals surface area (Å²) in [4.78, 5) is 23.2. The number of hydrogen-bond donors (Lipinski definition) is 1. The molecule has 1 unspecified atom stereocenters. The van der Waals surface area contributed by atoms with Gasteiger partial charge in [-0.3, -0.25) is 0 Å². The Bertz CT molecular complexity index is 331. The minimum Gasteiger partial charge on any atom is -0.467 e. The molecule has 1 amide bonds. The Morgan fingerprint density at radius 3 is 2.56 bits per heavy atom. The molecule has 2 rings (SSSR count). The van der Waals surface area contributed by atoms with Crippen LogP contribution in [0.25, 0.3) is 0 Å². The average Bonchev–Trinajstić information content (AvgIpc) is 2.97. The zero-order valence-corrected chi connectivity index (χ0v) is 11.0. The number of hydrogen-bond acceptors (Lipinski definition) is 4. The van der Waals surface area contributed by atoms with Crippen LogP contribution in [-0.4, -0.2) is 32.3 Å². The molecular weight excluding hydrogens is 234 g/mol. The Balaban J connectivity index is 2.08. The van der Waals surface area contributed by atoms with E-state index in [1.54, 1.807) is 0 Å². The van der Waals surface area contributed by atoms with Gasteiger partial charge >= 0.3 is 12.1 Å². The highest BCUT2D eigenvalue weighted by Gasteiger charge is 2.45. The molecule has 0 aromatic rings. The lowest BCUT2D eigenvalue weighted by Crippen LogP contribution is -2.47. The van der Waals surface area contributed by atoms with Gasteiger partial charge in [0.25, 0.3) is 0 Å². The molecule has 1 N–H and O–H groups in total. The second-order valence-corrected chi connectivity index (χ2v) is 5.23. The van der Waals surface area contributed by atoms with Crippen molar-refractivity contribution in [3.05, 3.63) is 0 Å². The van der Waals surface area contributed by atoms with Crippen LogP contribution < -0.4 is 5.32 Å². The molecule has 102 valence electrons. The normalized spacial score (nSPS) is 31.6. The van der Waals surface area contributed by atoms with Crippen LogP contribution in [0.15, 0.2) is 0 Å². The van der Waals surface area contributed by atoms with Gasteiger partial charge in [-0.2, -0.15) is 0 Å². The van der Waals surface area contributed by atoms with Crippen molar-refractivity contribution in [2.45, 2.75) is 38.1 Å². The number of carbonyl (C=O) groups excluding carboxylic acids is 2. The van der Waals surface area contributed by atoms with Gasteiger partial charge in [0.05, 0.1) is 14.2 Å². The quantitative estimate of drug-likeness (QED) is 0.780. The van der Waals surface area contributed by atoms with Crippen molar-refractivity contribution in [2.24, 2.45) is 17.8 Å². The van der Waals surface area contributed by atoms with Crippen LogP contribution in [-0.2, 0) is 14.3 Å². The van der Waals surface area contributed by atoms with E-state index in [4.69, 9.17) is 4.74 Å². The third-order valence-corrected chi connectivity index (χ3v) is 4.48. The lowest BCUT2D eigenvalue weighted by Gasteiger charge is -2.26. The fourth-order valence-electron chi connectivity index (χ4n) is 3.68. The standard InChI is InChI=1S/C13H21NO4/c1-17-12(15)11(14-13(16)18-2)10-7-6-8-4-3-5-9(8)10/h8-11H,3-7H2,1-2H3,(H,14,16)/t8-,9-,10-,11?/m0/s1. The number of ether oxygens (including phenoxy) is 2. The number of fused-ring (bicyclic) bond motifs is 1. The lowest BCUT2D eigenvalue weighted by atomic mass is 9.86. The molecular formula is C13H21NO4. The first-order chi connectivity index (χ1) is 8.67. The largest absolute Gasteiger partial charge is 0.467 e. The van der Waals surface area contributed by atoms with Gasteiger partial charge in [-0.1, -0.05) is 12.8 Å². The van der Waals surface area contributed by atoms with E-state index in [1.165, 1.54) is 27.1 Å². The second-order valence-electron chi connectivity index (χ2n) is 5.23. The molecule has 0 aromatic carbocycles. The van der Waals surface area contributed by atoms with E-state index < -0.39 is 12.1 Å². The zero-order valence-electron chi connectivity index (χ0n) is 11.0. The van der Waals surface area contributed by atoms with Crippen LogP contribution in [0.1, 0.15) is 32.1 Å². The fraction of sp³-hybridized carbons (Fsp3) is 0.846. The number of alkyl carbamates (subject to hydrolysis) is 1. The lowest BCUT2D eigenvalue weighted by molar-refractivity contribution is -0.145. The number of methoxy groups -OCH3 is 2. The van der Waals surface area contributed by atoms with Gasteiger partial charge in [0, 0.05) is 0 Å². The van der Waals surface area contributed by atoms with E-state index in [2.05, 4.69) is 10.1 Å². The van der Waals surface area contributed by atoms with E-state index in [-0.39, 0.29) is 11.9 Å². The van der Waals surface area contributed by atoms with E-state index in [9.17, 15) is 9.59 Å². The summed E-state index contributed by atoms with van der Waals surface area (Å²) in [5, 5.41) is 2.64. The summed E-state index contributed by atoms with van der Waals surface area (Å²) in [5.74, 6) is 1.11. The number of amides is 1. The Morgan fingerprint density at radius 2 is 1.89 bits per heavy atom. The van der Waals surface area contributed by atoms with Gasteiger partial charge in [0.1, 0.15) is 6.04 Å². The molecule has 18 heavy (non-hydrogen) atoms. The van der Waals surface area contributed by atoms with Crippen molar-refractivity contribution >= 4 is 12.1 Å². The number of rotatable bonds is 3. The van der Waals surface area contributed by atoms with Gasteiger partial charge in [-0.05, 0) is 37.0 Å². The van der Waals surface area contributed by atoms with Gasteiger partial charge in [-0.25, -0.2) is 9.59 Å². The highest BCUT2D eigenvalue weighted by molar-refractivity contribution is 5.81. The molecule has 0 bridgehead atoms. The molecule has 2 aliphatic rings. The third kappa shape index (κ3) is 2.44. The fourth-order valence-corrected chi connectivity index (χ4v) is 3.68. The third-order valence-electron chi connectivity index (χ3n) is 4.48. The minimum absolute atomic E-state index is 0.198. The Kier molecular flexibility index (Phi) is 4.09. The minimum atomic E-state index is -0.563.